The molecule has 0 aromatic heterocycles. The molecule has 4 aliphatic rings. The zero-order valence-electron chi connectivity index (χ0n) is 37.0. The van der Waals surface area contributed by atoms with E-state index in [4.69, 9.17) is 40.8 Å². The monoisotopic (exact) mass is 926 g/mol. The van der Waals surface area contributed by atoms with Gasteiger partial charge in [0.25, 0.3) is 0 Å². The number of carboxylic acid groups (broad SMARTS) is 2. The summed E-state index contributed by atoms with van der Waals surface area (Å²) in [6, 6.07) is 12.3. The number of anilines is 1. The van der Waals surface area contributed by atoms with E-state index in [-0.39, 0.29) is 66.5 Å². The van der Waals surface area contributed by atoms with Gasteiger partial charge < -0.3 is 55.1 Å². The zero-order chi connectivity index (χ0) is 48.1. The van der Waals surface area contributed by atoms with Gasteiger partial charge in [-0.1, -0.05) is 55.3 Å². The minimum absolute atomic E-state index is 0.0161. The van der Waals surface area contributed by atoms with E-state index in [2.05, 4.69) is 17.6 Å². The quantitative estimate of drug-likeness (QED) is 0.0363. The highest BCUT2D eigenvalue weighted by molar-refractivity contribution is 6.17. The number of phenols is 1. The first-order chi connectivity index (χ1) is 30.8. The molecule has 4 aliphatic carbocycles. The van der Waals surface area contributed by atoms with Crippen molar-refractivity contribution >= 4 is 53.5 Å². The summed E-state index contributed by atoms with van der Waals surface area (Å²) in [5.41, 5.74) is 0.306. The minimum Gasteiger partial charge on any atom is -0.506 e. The first kappa shape index (κ1) is 51.9. The normalized spacial score (nSPS) is 27.0. The molecule has 2 aromatic carbocycles. The standard InChI is InChI=1S/C24H31ClO7.C19H24N2O4.C4H4O4/c1-4-30-21(29)32-24(20(28)31-13-25)10-8-17-16-6-5-14-11-15(26)7-9-22(14,2)19(16)18(27)12-23(17,24)3;1-13(9-14-3-6-16(25-2)7-4-14)20-11-19(24)15-5-8-18(23)17(10-15)21-12-22;5-3(6)1-2-4(7)8/h7,9,11,16-19,27H,4-6,8,10,12-13H2,1-3H3;3-8,10,12-13,19-20,23-24H,9,11H2,1-2H3,(H,21,22);1-2H,(H,5,6)(H,7,8)/b;;2-1+/t16-,17-,18-,19+,22-,23-,24-;13-,19+;/m01./s1. The van der Waals surface area contributed by atoms with Gasteiger partial charge in [-0.05, 0) is 112 Å². The van der Waals surface area contributed by atoms with Crippen molar-refractivity contribution in [2.45, 2.75) is 90.1 Å². The first-order valence-corrected chi connectivity index (χ1v) is 21.7. The second kappa shape index (κ2) is 22.9. The maximum atomic E-state index is 13.2. The lowest BCUT2D eigenvalue weighted by Crippen LogP contribution is -2.62. The van der Waals surface area contributed by atoms with Crippen molar-refractivity contribution in [3.8, 4) is 11.5 Å². The summed E-state index contributed by atoms with van der Waals surface area (Å²) in [4.78, 5) is 67.2. The number of phenolic OH excluding ortho intramolecular Hbond substituents is 1. The Kier molecular flexibility index (Phi) is 18.3. The lowest BCUT2D eigenvalue weighted by atomic mass is 9.46. The average molecular weight is 927 g/mol. The van der Waals surface area contributed by atoms with Gasteiger partial charge in [0, 0.05) is 41.5 Å². The van der Waals surface area contributed by atoms with Crippen LogP contribution in [-0.4, -0.2) is 106 Å². The van der Waals surface area contributed by atoms with Crippen LogP contribution in [0.5, 0.6) is 11.5 Å². The smallest absolute Gasteiger partial charge is 0.506 e. The number of aliphatic carboxylic acids is 2. The maximum Gasteiger partial charge on any atom is 0.509 e. The number of allylic oxidation sites excluding steroid dienone is 4. The number of hydrogen-bond donors (Lipinski definition) is 7. The van der Waals surface area contributed by atoms with Gasteiger partial charge in [0.2, 0.25) is 12.0 Å². The number of ketones is 1. The number of carbonyl (C=O) groups excluding carboxylic acids is 4. The second-order valence-electron chi connectivity index (χ2n) is 16.8. The molecule has 65 heavy (non-hydrogen) atoms. The Hall–Kier alpha value is -5.75. The summed E-state index contributed by atoms with van der Waals surface area (Å²) in [5.74, 6) is -2.40. The molecule has 6 rings (SSSR count). The van der Waals surface area contributed by atoms with Gasteiger partial charge in [-0.3, -0.25) is 9.59 Å². The number of ether oxygens (including phenoxy) is 4. The van der Waals surface area contributed by atoms with E-state index < -0.39 is 52.7 Å². The highest BCUT2D eigenvalue weighted by atomic mass is 35.5. The summed E-state index contributed by atoms with van der Waals surface area (Å²) in [5, 5.41) is 52.7. The Morgan fingerprint density at radius 3 is 2.29 bits per heavy atom. The molecule has 354 valence electrons. The number of aliphatic hydroxyl groups excluding tert-OH is 2. The van der Waals surface area contributed by atoms with Crippen molar-refractivity contribution in [2.24, 2.45) is 28.6 Å². The number of aromatic hydroxyl groups is 1. The van der Waals surface area contributed by atoms with E-state index in [9.17, 15) is 44.1 Å². The van der Waals surface area contributed by atoms with Crippen molar-refractivity contribution < 1.29 is 73.2 Å². The number of benzene rings is 2. The molecule has 9 atom stereocenters. The largest absolute Gasteiger partial charge is 0.509 e. The summed E-state index contributed by atoms with van der Waals surface area (Å²) in [6.07, 6.45) is 7.99. The lowest BCUT2D eigenvalue weighted by molar-refractivity contribution is -0.199. The number of methoxy groups -OCH3 is 1. The molecular weight excluding hydrogens is 868 g/mol. The molecule has 3 saturated carbocycles. The fourth-order valence-corrected chi connectivity index (χ4v) is 10.1. The zero-order valence-corrected chi connectivity index (χ0v) is 37.8. The number of esters is 1. The number of halogens is 1. The number of alkyl halides is 1. The van der Waals surface area contributed by atoms with E-state index in [0.717, 1.165) is 30.6 Å². The number of amides is 1. The van der Waals surface area contributed by atoms with Crippen LogP contribution in [-0.2, 0) is 44.6 Å². The number of aliphatic hydroxyl groups is 2. The van der Waals surface area contributed by atoms with Crippen molar-refractivity contribution in [3.05, 3.63) is 89.5 Å². The van der Waals surface area contributed by atoms with E-state index in [1.807, 2.05) is 44.2 Å². The second-order valence-corrected chi connectivity index (χ2v) is 17.0. The van der Waals surface area contributed by atoms with Crippen molar-refractivity contribution in [3.63, 3.8) is 0 Å². The number of carbonyl (C=O) groups is 6. The topological polar surface area (TPSA) is 265 Å². The number of hydrogen-bond acceptors (Lipinski definition) is 14. The Labute approximate surface area is 382 Å². The highest BCUT2D eigenvalue weighted by Gasteiger charge is 2.71. The van der Waals surface area contributed by atoms with Gasteiger partial charge >= 0.3 is 24.1 Å². The Morgan fingerprint density at radius 2 is 1.69 bits per heavy atom. The Bertz CT molecular complexity index is 2110. The van der Waals surface area contributed by atoms with Crippen LogP contribution in [0.2, 0.25) is 0 Å². The van der Waals surface area contributed by atoms with Gasteiger partial charge in [-0.2, -0.15) is 0 Å². The molecule has 0 spiro atoms. The van der Waals surface area contributed by atoms with E-state index in [1.54, 1.807) is 38.3 Å². The number of fused-ring (bicyclic) bond motifs is 5. The van der Waals surface area contributed by atoms with Crippen LogP contribution >= 0.6 is 11.6 Å². The van der Waals surface area contributed by atoms with Crippen LogP contribution in [0.4, 0.5) is 10.5 Å². The van der Waals surface area contributed by atoms with Gasteiger partial charge in [-0.25, -0.2) is 19.2 Å². The molecule has 0 bridgehead atoms. The molecule has 0 unspecified atom stereocenters. The SMILES string of the molecule is CCOC(=O)O[C@]1(C(=O)OCCl)CC[C@H]2[C@@H]3CCC4=CC(=O)C=C[C@]4(C)[C@H]3[C@@H](O)C[C@@]21C.COc1ccc(C[C@@H](C)NC[C@H](O)c2ccc(O)c(NC=O)c2)cc1.O=C(O)/C=C/C(=O)O. The fraction of sp³-hybridized carbons (Fsp3) is 0.489. The molecule has 7 N–H and O–H groups in total. The summed E-state index contributed by atoms with van der Waals surface area (Å²) in [7, 11) is 1.64. The minimum atomic E-state index is -1.57. The van der Waals surface area contributed by atoms with Crippen molar-refractivity contribution in [2.75, 3.05) is 31.6 Å². The highest BCUT2D eigenvalue weighted by Crippen LogP contribution is 2.68. The van der Waals surface area contributed by atoms with Gasteiger partial charge in [-0.15, -0.1) is 0 Å². The molecule has 3 fully saturated rings. The third-order valence-electron chi connectivity index (χ3n) is 13.0. The summed E-state index contributed by atoms with van der Waals surface area (Å²) >= 11 is 5.70. The van der Waals surface area contributed by atoms with E-state index in [1.165, 1.54) is 11.6 Å². The fourth-order valence-electron chi connectivity index (χ4n) is 10.0. The van der Waals surface area contributed by atoms with Crippen molar-refractivity contribution in [1.82, 2.24) is 5.32 Å². The maximum absolute atomic E-state index is 13.2. The summed E-state index contributed by atoms with van der Waals surface area (Å²) < 4.78 is 21.0. The number of carboxylic acids is 2. The Balaban J connectivity index is 0.000000249. The molecule has 0 heterocycles. The molecule has 0 radical (unpaired) electrons. The number of nitrogens with one attached hydrogen (secondary N) is 2. The molecule has 0 saturated heterocycles. The Morgan fingerprint density at radius 1 is 1.02 bits per heavy atom. The molecule has 0 aliphatic heterocycles. The van der Waals surface area contributed by atoms with Gasteiger partial charge in [0.15, 0.2) is 11.8 Å². The predicted octanol–water partition coefficient (Wildman–Crippen LogP) is 5.85. The third kappa shape index (κ3) is 12.3. The lowest BCUT2D eigenvalue weighted by Gasteiger charge is -2.59. The van der Waals surface area contributed by atoms with E-state index in [0.29, 0.717) is 37.1 Å². The van der Waals surface area contributed by atoms with Gasteiger partial charge in [0.05, 0.1) is 31.6 Å². The molecule has 17 nitrogen and oxygen atoms in total. The predicted molar refractivity (Wildman–Crippen MR) is 237 cm³/mol. The van der Waals surface area contributed by atoms with Crippen LogP contribution in [0.3, 0.4) is 0 Å². The van der Waals surface area contributed by atoms with Crippen LogP contribution in [0, 0.1) is 28.6 Å². The third-order valence-corrected chi connectivity index (χ3v) is 13.1. The van der Waals surface area contributed by atoms with Gasteiger partial charge in [0.1, 0.15) is 11.5 Å². The van der Waals surface area contributed by atoms with Crippen LogP contribution in [0.25, 0.3) is 0 Å². The van der Waals surface area contributed by atoms with Crippen LogP contribution in [0.1, 0.15) is 77.0 Å². The van der Waals surface area contributed by atoms with Crippen LogP contribution in [0.15, 0.2) is 78.4 Å². The molecular formula is C47H59ClN2O15. The average Bonchev–Trinajstić information content (AvgIpc) is 3.55. The summed E-state index contributed by atoms with van der Waals surface area (Å²) in [6.45, 7) is 8.19. The molecule has 18 heteroatoms. The first-order valence-electron chi connectivity index (χ1n) is 21.2. The van der Waals surface area contributed by atoms with E-state index >= 15 is 0 Å². The molecule has 2 aromatic rings. The number of rotatable bonds is 15. The van der Waals surface area contributed by atoms with Crippen LogP contribution < -0.4 is 15.4 Å². The molecule has 1 amide bonds. The van der Waals surface area contributed by atoms with Crippen molar-refractivity contribution in [1.29, 1.82) is 0 Å².